The van der Waals surface area contributed by atoms with Crippen LogP contribution in [0.2, 0.25) is 5.54 Å². The highest BCUT2D eigenvalue weighted by molar-refractivity contribution is 7.19. The third-order valence-electron chi connectivity index (χ3n) is 15.4. The summed E-state index contributed by atoms with van der Waals surface area (Å²) >= 11 is 0. The zero-order valence-electron chi connectivity index (χ0n) is 38.8. The van der Waals surface area contributed by atoms with E-state index in [1.807, 2.05) is 0 Å². The van der Waals surface area contributed by atoms with Crippen LogP contribution in [0.1, 0.15) is 33.7 Å². The lowest BCUT2D eigenvalue weighted by Crippen LogP contribution is -2.74. The summed E-state index contributed by atoms with van der Waals surface area (Å²) in [7, 11) is -4.37. The molecular formula is C67H50NSi2. The number of benzene rings is 10. The molecule has 3 aliphatic rings. The first-order chi connectivity index (χ1) is 34.8. The van der Waals surface area contributed by atoms with Gasteiger partial charge in [0.1, 0.15) is 8.80 Å². The van der Waals surface area contributed by atoms with Gasteiger partial charge >= 0.3 is 0 Å². The molecule has 1 nitrogen and oxygen atoms in total. The largest absolute Gasteiger partial charge is 0.310 e. The fourth-order valence-electron chi connectivity index (χ4n) is 12.5. The first-order valence-corrected chi connectivity index (χ1v) is 28.2. The van der Waals surface area contributed by atoms with Gasteiger partial charge in [0.05, 0.1) is 16.8 Å². The van der Waals surface area contributed by atoms with Crippen molar-refractivity contribution >= 4 is 65.1 Å². The molecule has 0 saturated carbocycles. The monoisotopic (exact) mass is 924 g/mol. The second-order valence-corrected chi connectivity index (χ2v) is 25.3. The van der Waals surface area contributed by atoms with Crippen LogP contribution >= 0.6 is 0 Å². The highest BCUT2D eigenvalue weighted by Gasteiger charge is 2.53. The molecule has 331 valence electrons. The van der Waals surface area contributed by atoms with Crippen molar-refractivity contribution in [2.24, 2.45) is 0 Å². The Kier molecular flexibility index (Phi) is 10.5. The Morgan fingerprint density at radius 1 is 0.357 bits per heavy atom. The number of hydrogen-bond acceptors (Lipinski definition) is 1. The number of nitrogens with zero attached hydrogens (tertiary/aromatic N) is 1. The van der Waals surface area contributed by atoms with Gasteiger partial charge in [-0.3, -0.25) is 0 Å². The van der Waals surface area contributed by atoms with Gasteiger partial charge < -0.3 is 4.90 Å². The number of anilines is 3. The minimum atomic E-state index is -2.93. The van der Waals surface area contributed by atoms with Crippen molar-refractivity contribution in [2.45, 2.75) is 16.9 Å². The van der Waals surface area contributed by atoms with E-state index in [1.165, 1.54) is 81.4 Å². The van der Waals surface area contributed by atoms with Crippen molar-refractivity contribution in [2.75, 3.05) is 4.90 Å². The molecule has 1 heterocycles. The van der Waals surface area contributed by atoms with E-state index in [9.17, 15) is 0 Å². The molecule has 1 aliphatic heterocycles. The van der Waals surface area contributed by atoms with Crippen molar-refractivity contribution in [1.82, 2.24) is 0 Å². The molecule has 10 aromatic rings. The highest BCUT2D eigenvalue weighted by atomic mass is 28.3. The summed E-state index contributed by atoms with van der Waals surface area (Å²) in [4.78, 5) is 2.50. The van der Waals surface area contributed by atoms with Crippen LogP contribution < -0.4 is 36.0 Å². The van der Waals surface area contributed by atoms with Crippen LogP contribution in [0.5, 0.6) is 0 Å². The zero-order valence-corrected chi connectivity index (χ0v) is 40.8. The molecule has 2 unspecified atom stereocenters. The topological polar surface area (TPSA) is 3.24 Å². The smallest absolute Gasteiger partial charge is 0.179 e. The van der Waals surface area contributed by atoms with Gasteiger partial charge in [0, 0.05) is 11.6 Å². The summed E-state index contributed by atoms with van der Waals surface area (Å²) in [6.45, 7) is 0. The molecule has 1 spiro atoms. The van der Waals surface area contributed by atoms with Gasteiger partial charge in [-0.05, 0) is 89.5 Å². The quantitative estimate of drug-likeness (QED) is 0.103. The molecule has 70 heavy (non-hydrogen) atoms. The van der Waals surface area contributed by atoms with Gasteiger partial charge in [0.25, 0.3) is 0 Å². The van der Waals surface area contributed by atoms with E-state index in [-0.39, 0.29) is 11.5 Å². The van der Waals surface area contributed by atoms with E-state index in [1.54, 1.807) is 0 Å². The number of fused-ring (bicyclic) bond motifs is 9. The second kappa shape index (κ2) is 17.5. The molecule has 2 aliphatic carbocycles. The Bertz CT molecular complexity index is 3410. The van der Waals surface area contributed by atoms with E-state index < -0.39 is 22.3 Å². The van der Waals surface area contributed by atoms with Crippen LogP contribution in [0.4, 0.5) is 17.1 Å². The van der Waals surface area contributed by atoms with E-state index >= 15 is 0 Å². The van der Waals surface area contributed by atoms with Crippen molar-refractivity contribution in [3.05, 3.63) is 319 Å². The Morgan fingerprint density at radius 3 is 1.39 bits per heavy atom. The summed E-state index contributed by atoms with van der Waals surface area (Å²) in [6, 6.07) is 101. The average Bonchev–Trinajstić information content (AvgIpc) is 3.72. The number of rotatable bonds is 9. The molecule has 0 aromatic heterocycles. The fourth-order valence-corrected chi connectivity index (χ4v) is 20.5. The normalized spacial score (nSPS) is 16.1. The summed E-state index contributed by atoms with van der Waals surface area (Å²) in [5.41, 5.74) is 12.5. The summed E-state index contributed by atoms with van der Waals surface area (Å²) in [6.07, 6.45) is 9.49. The van der Waals surface area contributed by atoms with Gasteiger partial charge in [0.2, 0.25) is 0 Å². The number of hydrogen-bond donors (Lipinski definition) is 0. The number of para-hydroxylation sites is 3. The van der Waals surface area contributed by atoms with Crippen molar-refractivity contribution < 1.29 is 0 Å². The Balaban J connectivity index is 1.13. The number of allylic oxidation sites excluding steroid dienone is 4. The van der Waals surface area contributed by atoms with Gasteiger partial charge in [-0.2, -0.15) is 0 Å². The SMILES string of the molecule is C1=CC(c2ccccc2)C([Si](c2ccccc2)c2ccc3c(c2)C2(c4cc([Si](c5ccccc5)(c5ccccc5)c5ccccc5)ccc4-3)c3ccccc3N(c3ccccc3)c3ccccc32)C=C1. The molecule has 0 amide bonds. The van der Waals surface area contributed by atoms with Crippen LogP contribution in [-0.2, 0) is 5.41 Å². The second-order valence-electron chi connectivity index (χ2n) is 18.8. The van der Waals surface area contributed by atoms with Crippen LogP contribution in [0.15, 0.2) is 291 Å². The minimum absolute atomic E-state index is 0.255. The van der Waals surface area contributed by atoms with E-state index in [2.05, 4.69) is 296 Å². The third kappa shape index (κ3) is 6.50. The average molecular weight is 925 g/mol. The van der Waals surface area contributed by atoms with Crippen LogP contribution in [-0.4, -0.2) is 16.9 Å². The van der Waals surface area contributed by atoms with Gasteiger partial charge in [-0.25, -0.2) is 0 Å². The first-order valence-electron chi connectivity index (χ1n) is 24.6. The van der Waals surface area contributed by atoms with Crippen molar-refractivity contribution in [1.29, 1.82) is 0 Å². The fraction of sp³-hybridized carbons (Fsp3) is 0.0448. The van der Waals surface area contributed by atoms with E-state index in [0.717, 1.165) is 5.69 Å². The minimum Gasteiger partial charge on any atom is -0.310 e. The van der Waals surface area contributed by atoms with E-state index in [0.29, 0.717) is 0 Å². The summed E-state index contributed by atoms with van der Waals surface area (Å²) in [5.74, 6) is 0.255. The predicted molar refractivity (Wildman–Crippen MR) is 298 cm³/mol. The molecule has 0 saturated heterocycles. The van der Waals surface area contributed by atoms with Crippen molar-refractivity contribution in [3.8, 4) is 11.1 Å². The Labute approximate surface area is 414 Å². The molecule has 0 N–H and O–H groups in total. The van der Waals surface area contributed by atoms with Crippen LogP contribution in [0.25, 0.3) is 11.1 Å². The first kappa shape index (κ1) is 42.1. The van der Waals surface area contributed by atoms with Gasteiger partial charge in [0.15, 0.2) is 8.07 Å². The standard InChI is InChI=1S/C67H50NSi2/c1-7-25-49(26-8-1)57-37-19-24-42-66(57)69(51-29-11-3-12-30-51)52-43-45-58-59-46-44-56(70(53-31-13-4-14-32-53,54-33-15-5-16-34-54)55-35-17-6-18-36-55)48-63(59)67(62(58)47-52)60-38-20-22-40-64(60)68(50-27-9-2-10-28-50)65-41-23-21-39-61(65)67/h1-48,57,66H. The van der Waals surface area contributed by atoms with Gasteiger partial charge in [-0.15, -0.1) is 0 Å². The zero-order chi connectivity index (χ0) is 46.5. The molecule has 13 rings (SSSR count). The maximum absolute atomic E-state index is 2.93. The maximum atomic E-state index is 2.67. The molecule has 0 bridgehead atoms. The summed E-state index contributed by atoms with van der Waals surface area (Å²) in [5, 5.41) is 8.34. The molecule has 3 heteroatoms. The Morgan fingerprint density at radius 2 is 0.814 bits per heavy atom. The lowest BCUT2D eigenvalue weighted by molar-refractivity contribution is 0.753. The lowest BCUT2D eigenvalue weighted by atomic mass is 9.64. The Hall–Kier alpha value is -8.09. The van der Waals surface area contributed by atoms with E-state index in [4.69, 9.17) is 0 Å². The molecular weight excluding hydrogens is 875 g/mol. The third-order valence-corrected chi connectivity index (χ3v) is 23.2. The molecule has 10 aromatic carbocycles. The molecule has 2 atom stereocenters. The lowest BCUT2D eigenvalue weighted by Gasteiger charge is -2.45. The maximum Gasteiger partial charge on any atom is 0.179 e. The van der Waals surface area contributed by atoms with Crippen LogP contribution in [0.3, 0.4) is 0 Å². The molecule has 0 fully saturated rings. The molecule has 1 radical (unpaired) electrons. The summed E-state index contributed by atoms with van der Waals surface area (Å²) < 4.78 is 0. The predicted octanol–water partition coefficient (Wildman–Crippen LogP) is 12.1. The van der Waals surface area contributed by atoms with Gasteiger partial charge in [-0.1, -0.05) is 277 Å². The highest BCUT2D eigenvalue weighted by Crippen LogP contribution is 2.63. The van der Waals surface area contributed by atoms with Crippen LogP contribution in [0, 0.1) is 0 Å². The van der Waals surface area contributed by atoms with Crippen molar-refractivity contribution in [3.63, 3.8) is 0 Å².